The molecule has 0 aliphatic heterocycles. The second-order valence-electron chi connectivity index (χ2n) is 3.67. The van der Waals surface area contributed by atoms with E-state index >= 15 is 0 Å². The van der Waals surface area contributed by atoms with Crippen LogP contribution in [-0.4, -0.2) is 22.0 Å². The van der Waals surface area contributed by atoms with Crippen LogP contribution >= 0.6 is 0 Å². The third-order valence-electron chi connectivity index (χ3n) is 2.29. The predicted octanol–water partition coefficient (Wildman–Crippen LogP) is 1.46. The van der Waals surface area contributed by atoms with Gasteiger partial charge in [-0.2, -0.15) is 0 Å². The van der Waals surface area contributed by atoms with Crippen molar-refractivity contribution in [3.05, 3.63) is 0 Å². The van der Waals surface area contributed by atoms with Crippen LogP contribution in [0.15, 0.2) is 5.16 Å². The Labute approximate surface area is 84.0 Å². The number of rotatable bonds is 5. The van der Waals surface area contributed by atoms with Crippen molar-refractivity contribution in [2.75, 3.05) is 0 Å². The molecule has 0 aliphatic carbocycles. The molecule has 0 bridgehead atoms. The zero-order valence-electron chi connectivity index (χ0n) is 9.55. The molecule has 0 saturated heterocycles. The van der Waals surface area contributed by atoms with Gasteiger partial charge in [-0.3, -0.25) is 0 Å². The van der Waals surface area contributed by atoms with Gasteiger partial charge in [0.25, 0.3) is 0 Å². The maximum absolute atomic E-state index is 5.35. The highest BCUT2D eigenvalue weighted by molar-refractivity contribution is 5.98. The topological polar surface area (TPSA) is 30.8 Å². The van der Waals surface area contributed by atoms with Crippen LogP contribution in [0.2, 0.25) is 0 Å². The van der Waals surface area contributed by atoms with E-state index in [1.165, 1.54) is 0 Å². The molecule has 1 unspecified atom stereocenters. The molecule has 0 aromatic heterocycles. The zero-order valence-corrected chi connectivity index (χ0v) is 11.5. The Balaban J connectivity index is 4.19. The van der Waals surface area contributed by atoms with Gasteiger partial charge in [0.15, 0.2) is 10.5 Å². The molecule has 3 nitrogen and oxygen atoms in total. The summed E-state index contributed by atoms with van der Waals surface area (Å²) in [4.78, 5) is 5.35. The van der Waals surface area contributed by atoms with Crippen molar-refractivity contribution in [1.29, 1.82) is 0 Å². The van der Waals surface area contributed by atoms with Crippen LogP contribution in [0, 0.1) is 5.92 Å². The fraction of sp³-hybridized carbons (Fsp3) is 0.889. The molecular formula is C9H21NO2Si. The highest BCUT2D eigenvalue weighted by Gasteiger charge is 2.22. The van der Waals surface area contributed by atoms with E-state index in [0.717, 1.165) is 12.1 Å². The minimum Gasteiger partial charge on any atom is -0.391 e. The summed E-state index contributed by atoms with van der Waals surface area (Å²) in [6.07, 6.45) is 0.811. The summed E-state index contributed by atoms with van der Waals surface area (Å²) in [6.45, 7) is 10.1. The van der Waals surface area contributed by atoms with Crippen molar-refractivity contribution in [1.82, 2.24) is 0 Å². The molecule has 1 atom stereocenters. The molecule has 78 valence electrons. The fourth-order valence-electron chi connectivity index (χ4n) is 0.520. The number of oxime groups is 1. The molecule has 0 aromatic carbocycles. The van der Waals surface area contributed by atoms with E-state index in [2.05, 4.69) is 19.0 Å². The first-order valence-corrected chi connectivity index (χ1v) is 5.54. The molecule has 0 radical (unpaired) electrons. The van der Waals surface area contributed by atoms with E-state index in [4.69, 9.17) is 9.26 Å². The number of hydrogen-bond donors (Lipinski definition) is 0. The van der Waals surface area contributed by atoms with Gasteiger partial charge < -0.3 is 9.26 Å². The van der Waals surface area contributed by atoms with E-state index in [-0.39, 0.29) is 0 Å². The van der Waals surface area contributed by atoms with Gasteiger partial charge >= 0.3 is 0 Å². The van der Waals surface area contributed by atoms with Crippen LogP contribution in [0.3, 0.4) is 0 Å². The average Bonchev–Trinajstić information content (AvgIpc) is 2.13. The molecule has 0 aromatic rings. The molecule has 0 N–H and O–H groups in total. The van der Waals surface area contributed by atoms with Crippen LogP contribution in [0.5, 0.6) is 0 Å². The second kappa shape index (κ2) is 5.39. The van der Waals surface area contributed by atoms with Crippen molar-refractivity contribution in [3.63, 3.8) is 0 Å². The van der Waals surface area contributed by atoms with Crippen LogP contribution < -0.4 is 0 Å². The van der Waals surface area contributed by atoms with Crippen molar-refractivity contribution >= 4 is 16.2 Å². The van der Waals surface area contributed by atoms with Gasteiger partial charge in [0.05, 0.1) is 5.71 Å². The van der Waals surface area contributed by atoms with Gasteiger partial charge in [0.2, 0.25) is 5.79 Å². The summed E-state index contributed by atoms with van der Waals surface area (Å²) in [5.41, 5.74) is 0.999. The lowest BCUT2D eigenvalue weighted by Crippen LogP contribution is -2.29. The third-order valence-corrected chi connectivity index (χ3v) is 3.16. The first kappa shape index (κ1) is 12.6. The second-order valence-corrected chi connectivity index (χ2v) is 4.08. The summed E-state index contributed by atoms with van der Waals surface area (Å²) in [6, 6.07) is 0. The monoisotopic (exact) mass is 203 g/mol. The summed E-state index contributed by atoms with van der Waals surface area (Å²) in [7, 11) is 0.668. The maximum Gasteiger partial charge on any atom is 0.224 e. The predicted molar refractivity (Wildman–Crippen MR) is 58.8 cm³/mol. The Morgan fingerprint density at radius 1 is 1.54 bits per heavy atom. The Morgan fingerprint density at radius 2 is 2.08 bits per heavy atom. The normalized spacial score (nSPS) is 17.5. The van der Waals surface area contributed by atoms with Crippen molar-refractivity contribution in [3.8, 4) is 0 Å². The standard InChI is InChI=1S/C9H21NO2Si/c1-6-9(5,12-13)11-10-8(4)7(2)3/h7H,6H2,1-5,13H3. The lowest BCUT2D eigenvalue weighted by molar-refractivity contribution is -0.169. The van der Waals surface area contributed by atoms with Crippen LogP contribution in [-0.2, 0) is 9.26 Å². The molecule has 0 spiro atoms. The minimum atomic E-state index is -0.525. The summed E-state index contributed by atoms with van der Waals surface area (Å²) < 4.78 is 5.33. The van der Waals surface area contributed by atoms with Gasteiger partial charge in [-0.05, 0) is 12.8 Å². The van der Waals surface area contributed by atoms with Gasteiger partial charge in [0, 0.05) is 13.3 Å². The Kier molecular flexibility index (Phi) is 5.25. The lowest BCUT2D eigenvalue weighted by Gasteiger charge is -2.24. The Hall–Kier alpha value is -0.353. The van der Waals surface area contributed by atoms with Crippen LogP contribution in [0.4, 0.5) is 0 Å². The SMILES string of the molecule is CCC(C)(O[SiH3])ON=C(C)C(C)C. The third kappa shape index (κ3) is 4.43. The highest BCUT2D eigenvalue weighted by Crippen LogP contribution is 2.16. The molecule has 13 heavy (non-hydrogen) atoms. The van der Waals surface area contributed by atoms with Crippen LogP contribution in [0.25, 0.3) is 0 Å². The van der Waals surface area contributed by atoms with E-state index in [1.54, 1.807) is 0 Å². The van der Waals surface area contributed by atoms with Crippen LogP contribution in [0.1, 0.15) is 41.0 Å². The first-order chi connectivity index (χ1) is 5.95. The molecule has 0 fully saturated rings. The summed E-state index contributed by atoms with van der Waals surface area (Å²) >= 11 is 0. The first-order valence-electron chi connectivity index (χ1n) is 4.73. The molecular weight excluding hydrogens is 182 g/mol. The van der Waals surface area contributed by atoms with Gasteiger partial charge in [-0.1, -0.05) is 25.9 Å². The van der Waals surface area contributed by atoms with Gasteiger partial charge in [-0.15, -0.1) is 0 Å². The Bertz CT molecular complexity index is 176. The number of hydrogen-bond acceptors (Lipinski definition) is 3. The average molecular weight is 203 g/mol. The molecule has 0 heterocycles. The van der Waals surface area contributed by atoms with E-state index in [1.807, 2.05) is 20.8 Å². The molecule has 0 rings (SSSR count). The van der Waals surface area contributed by atoms with E-state index in [0.29, 0.717) is 16.4 Å². The Morgan fingerprint density at radius 3 is 2.38 bits per heavy atom. The summed E-state index contributed by atoms with van der Waals surface area (Å²) in [5, 5.41) is 4.05. The van der Waals surface area contributed by atoms with E-state index < -0.39 is 5.79 Å². The number of nitrogens with zero attached hydrogens (tertiary/aromatic N) is 1. The lowest BCUT2D eigenvalue weighted by atomic mass is 10.1. The zero-order chi connectivity index (χ0) is 10.5. The van der Waals surface area contributed by atoms with Crippen molar-refractivity contribution in [2.24, 2.45) is 11.1 Å². The largest absolute Gasteiger partial charge is 0.391 e. The van der Waals surface area contributed by atoms with Crippen molar-refractivity contribution < 1.29 is 9.26 Å². The van der Waals surface area contributed by atoms with E-state index in [9.17, 15) is 0 Å². The minimum absolute atomic E-state index is 0.426. The van der Waals surface area contributed by atoms with Crippen molar-refractivity contribution in [2.45, 2.75) is 46.8 Å². The maximum atomic E-state index is 5.35. The summed E-state index contributed by atoms with van der Waals surface area (Å²) in [5.74, 6) is -0.0993. The molecule has 0 saturated carbocycles. The fourth-order valence-corrected chi connectivity index (χ4v) is 0.883. The molecule has 4 heteroatoms. The highest BCUT2D eigenvalue weighted by atomic mass is 28.2. The molecule has 0 aliphatic rings. The van der Waals surface area contributed by atoms with Gasteiger partial charge in [-0.25, -0.2) is 0 Å². The quantitative estimate of drug-likeness (QED) is 0.293. The smallest absolute Gasteiger partial charge is 0.224 e. The van der Waals surface area contributed by atoms with Gasteiger partial charge in [0.1, 0.15) is 0 Å². The molecule has 0 amide bonds.